The zero-order chi connectivity index (χ0) is 24.1. The molecule has 0 aromatic heterocycles. The smallest absolute Gasteiger partial charge is 0.363 e. The van der Waals surface area contributed by atoms with Crippen molar-refractivity contribution in [2.24, 2.45) is 4.99 Å². The molecule has 7 nitrogen and oxygen atoms in total. The van der Waals surface area contributed by atoms with Crippen LogP contribution in [0.1, 0.15) is 23.6 Å². The fraction of sp³-hybridized carbons (Fsp3) is 0.115. The lowest BCUT2D eigenvalue weighted by Gasteiger charge is -2.12. The number of anilines is 1. The van der Waals surface area contributed by atoms with Crippen LogP contribution in [0.3, 0.4) is 0 Å². The van der Waals surface area contributed by atoms with Crippen LogP contribution in [0.5, 0.6) is 11.5 Å². The average molecular weight is 460 g/mol. The van der Waals surface area contributed by atoms with Crippen LogP contribution in [0.2, 0.25) is 0 Å². The molecular weight excluding hydrogens is 439 g/mol. The lowest BCUT2D eigenvalue weighted by molar-refractivity contribution is -0.129. The quantitative estimate of drug-likeness (QED) is 0.407. The lowest BCUT2D eigenvalue weighted by Crippen LogP contribution is -2.07. The minimum absolute atomic E-state index is 0.0458. The molecule has 1 N–H and O–H groups in total. The molecule has 1 aliphatic rings. The molecule has 3 aromatic rings. The Hall–Kier alpha value is -4.46. The van der Waals surface area contributed by atoms with E-state index in [-0.39, 0.29) is 29.9 Å². The van der Waals surface area contributed by atoms with E-state index in [1.165, 1.54) is 20.1 Å². The van der Waals surface area contributed by atoms with E-state index in [1.54, 1.807) is 66.7 Å². The van der Waals surface area contributed by atoms with E-state index in [9.17, 15) is 14.0 Å². The van der Waals surface area contributed by atoms with Crippen molar-refractivity contribution in [2.45, 2.75) is 13.5 Å². The zero-order valence-electron chi connectivity index (χ0n) is 18.5. The number of carbonyl (C=O) groups is 2. The first-order valence-electron chi connectivity index (χ1n) is 10.4. The molecule has 4 rings (SSSR count). The van der Waals surface area contributed by atoms with Gasteiger partial charge in [0.05, 0.1) is 7.11 Å². The van der Waals surface area contributed by atoms with E-state index in [0.29, 0.717) is 33.9 Å². The fourth-order valence-electron chi connectivity index (χ4n) is 3.25. The highest BCUT2D eigenvalue weighted by Crippen LogP contribution is 2.30. The first kappa shape index (κ1) is 22.7. The van der Waals surface area contributed by atoms with Crippen molar-refractivity contribution in [3.05, 3.63) is 94.9 Å². The van der Waals surface area contributed by atoms with Crippen molar-refractivity contribution in [1.29, 1.82) is 0 Å². The number of amides is 1. The van der Waals surface area contributed by atoms with Gasteiger partial charge in [0, 0.05) is 23.7 Å². The molecule has 0 saturated carbocycles. The third kappa shape index (κ3) is 5.29. The number of ether oxygens (including phenoxy) is 3. The minimum atomic E-state index is -0.584. The zero-order valence-corrected chi connectivity index (χ0v) is 18.5. The van der Waals surface area contributed by atoms with Crippen LogP contribution in [-0.2, 0) is 20.9 Å². The molecule has 0 atom stereocenters. The van der Waals surface area contributed by atoms with Crippen molar-refractivity contribution in [2.75, 3.05) is 12.4 Å². The number of nitrogens with one attached hydrogen (secondary N) is 1. The second kappa shape index (κ2) is 9.99. The summed E-state index contributed by atoms with van der Waals surface area (Å²) in [5.74, 6) is -0.0787. The van der Waals surface area contributed by atoms with Gasteiger partial charge in [0.15, 0.2) is 17.2 Å². The molecule has 3 aromatic carbocycles. The van der Waals surface area contributed by atoms with Crippen LogP contribution >= 0.6 is 0 Å². The number of halogens is 1. The van der Waals surface area contributed by atoms with Crippen molar-refractivity contribution in [1.82, 2.24) is 0 Å². The summed E-state index contributed by atoms with van der Waals surface area (Å²) >= 11 is 0. The molecule has 0 bridgehead atoms. The summed E-state index contributed by atoms with van der Waals surface area (Å²) in [6.07, 6.45) is 1.57. The topological polar surface area (TPSA) is 86.2 Å². The Bertz CT molecular complexity index is 1300. The predicted molar refractivity (Wildman–Crippen MR) is 125 cm³/mol. The summed E-state index contributed by atoms with van der Waals surface area (Å²) in [4.78, 5) is 27.8. The van der Waals surface area contributed by atoms with Crippen LogP contribution in [0.25, 0.3) is 6.08 Å². The van der Waals surface area contributed by atoms with Gasteiger partial charge in [-0.15, -0.1) is 0 Å². The van der Waals surface area contributed by atoms with Crippen molar-refractivity contribution in [3.8, 4) is 11.5 Å². The van der Waals surface area contributed by atoms with Crippen LogP contribution < -0.4 is 14.8 Å². The molecule has 0 unspecified atom stereocenters. The SMILES string of the molecule is COc1cc(/C=C2\N=C(c3ccc(NC(C)=O)cc3)OC2=O)ccc1OCc1ccccc1F. The summed E-state index contributed by atoms with van der Waals surface area (Å²) in [6.45, 7) is 1.47. The van der Waals surface area contributed by atoms with Crippen LogP contribution in [-0.4, -0.2) is 24.9 Å². The highest BCUT2D eigenvalue weighted by Gasteiger charge is 2.24. The largest absolute Gasteiger partial charge is 0.493 e. The van der Waals surface area contributed by atoms with Gasteiger partial charge in [-0.05, 0) is 54.1 Å². The van der Waals surface area contributed by atoms with Gasteiger partial charge in [-0.2, -0.15) is 0 Å². The molecule has 34 heavy (non-hydrogen) atoms. The highest BCUT2D eigenvalue weighted by molar-refractivity contribution is 6.13. The van der Waals surface area contributed by atoms with Crippen molar-refractivity contribution in [3.63, 3.8) is 0 Å². The number of nitrogens with zero attached hydrogens (tertiary/aromatic N) is 1. The molecular formula is C26H21FN2O5. The number of hydrogen-bond acceptors (Lipinski definition) is 6. The number of rotatable bonds is 7. The van der Waals surface area contributed by atoms with Gasteiger partial charge < -0.3 is 19.5 Å². The summed E-state index contributed by atoms with van der Waals surface area (Å²) in [6, 6.07) is 18.3. The normalized spacial score (nSPS) is 13.9. The molecule has 0 saturated heterocycles. The number of esters is 1. The standard InChI is InChI=1S/C26H21FN2O5/c1-16(30)28-20-10-8-18(9-11-20)25-29-22(26(31)34-25)13-17-7-12-23(24(14-17)32-2)33-15-19-5-3-4-6-21(19)27/h3-14H,15H2,1-2H3,(H,28,30)/b22-13-. The first-order valence-corrected chi connectivity index (χ1v) is 10.4. The molecule has 0 spiro atoms. The first-order chi connectivity index (χ1) is 16.4. The van der Waals surface area contributed by atoms with Gasteiger partial charge in [-0.3, -0.25) is 4.79 Å². The minimum Gasteiger partial charge on any atom is -0.493 e. The third-order valence-electron chi connectivity index (χ3n) is 4.90. The Morgan fingerprint density at radius 3 is 2.56 bits per heavy atom. The number of methoxy groups -OCH3 is 1. The summed E-state index contributed by atoms with van der Waals surface area (Å²) < 4.78 is 30.2. The Labute approximate surface area is 195 Å². The lowest BCUT2D eigenvalue weighted by atomic mass is 10.1. The summed E-state index contributed by atoms with van der Waals surface area (Å²) in [7, 11) is 1.49. The molecule has 0 radical (unpaired) electrons. The molecule has 1 amide bonds. The van der Waals surface area contributed by atoms with Gasteiger partial charge >= 0.3 is 5.97 Å². The second-order valence-electron chi connectivity index (χ2n) is 7.38. The number of cyclic esters (lactones) is 1. The van der Waals surface area contributed by atoms with Crippen LogP contribution in [0.4, 0.5) is 10.1 Å². The van der Waals surface area contributed by atoms with E-state index >= 15 is 0 Å². The Morgan fingerprint density at radius 2 is 1.85 bits per heavy atom. The number of aliphatic imine (C=N–C) groups is 1. The van der Waals surface area contributed by atoms with Crippen LogP contribution in [0, 0.1) is 5.82 Å². The van der Waals surface area contributed by atoms with E-state index in [2.05, 4.69) is 10.3 Å². The molecule has 0 aliphatic carbocycles. The van der Waals surface area contributed by atoms with E-state index in [4.69, 9.17) is 14.2 Å². The second-order valence-corrected chi connectivity index (χ2v) is 7.38. The van der Waals surface area contributed by atoms with Crippen molar-refractivity contribution < 1.29 is 28.2 Å². The summed E-state index contributed by atoms with van der Waals surface area (Å²) in [5, 5.41) is 2.67. The van der Waals surface area contributed by atoms with E-state index < -0.39 is 5.97 Å². The highest BCUT2D eigenvalue weighted by atomic mass is 19.1. The molecule has 1 aliphatic heterocycles. The molecule has 0 fully saturated rings. The Morgan fingerprint density at radius 1 is 1.09 bits per heavy atom. The predicted octanol–water partition coefficient (Wildman–Crippen LogP) is 4.72. The monoisotopic (exact) mass is 460 g/mol. The molecule has 8 heteroatoms. The van der Waals surface area contributed by atoms with Gasteiger partial charge in [0.25, 0.3) is 0 Å². The van der Waals surface area contributed by atoms with Gasteiger partial charge in [-0.25, -0.2) is 14.2 Å². The number of benzene rings is 3. The van der Waals surface area contributed by atoms with E-state index in [1.807, 2.05) is 0 Å². The van der Waals surface area contributed by atoms with Crippen LogP contribution in [0.15, 0.2) is 77.4 Å². The van der Waals surface area contributed by atoms with Gasteiger partial charge in [0.1, 0.15) is 12.4 Å². The van der Waals surface area contributed by atoms with Gasteiger partial charge in [0.2, 0.25) is 11.8 Å². The summed E-state index contributed by atoms with van der Waals surface area (Å²) in [5.41, 5.74) is 2.43. The number of carbonyl (C=O) groups excluding carboxylic acids is 2. The maximum Gasteiger partial charge on any atom is 0.363 e. The Balaban J connectivity index is 1.51. The van der Waals surface area contributed by atoms with Gasteiger partial charge in [-0.1, -0.05) is 24.3 Å². The molecule has 1 heterocycles. The average Bonchev–Trinajstić information content (AvgIpc) is 3.19. The number of hydrogen-bond donors (Lipinski definition) is 1. The maximum atomic E-state index is 13.8. The van der Waals surface area contributed by atoms with E-state index in [0.717, 1.165) is 0 Å². The third-order valence-corrected chi connectivity index (χ3v) is 4.90. The Kier molecular flexibility index (Phi) is 6.68. The maximum absolute atomic E-state index is 13.8. The fourth-order valence-corrected chi connectivity index (χ4v) is 3.25. The molecule has 172 valence electrons. The van der Waals surface area contributed by atoms with Crippen molar-refractivity contribution >= 4 is 29.5 Å².